The lowest BCUT2D eigenvalue weighted by atomic mass is 10.1. The summed E-state index contributed by atoms with van der Waals surface area (Å²) in [5.74, 6) is 2.24. The molecule has 0 saturated carbocycles. The van der Waals surface area contributed by atoms with Crippen LogP contribution in [0.5, 0.6) is 0 Å². The first kappa shape index (κ1) is 17.3. The third-order valence-corrected chi connectivity index (χ3v) is 4.99. The minimum Gasteiger partial charge on any atom is -0.323 e. The van der Waals surface area contributed by atoms with E-state index in [1.54, 1.807) is 6.20 Å². The van der Waals surface area contributed by atoms with Gasteiger partial charge in [0.15, 0.2) is 11.6 Å². The Bertz CT molecular complexity index is 1370. The van der Waals surface area contributed by atoms with Gasteiger partial charge in [0.05, 0.1) is 28.4 Å². The van der Waals surface area contributed by atoms with Crippen LogP contribution in [-0.4, -0.2) is 24.7 Å². The number of rotatable bonds is 3. The number of fused-ring (bicyclic) bond motifs is 2. The van der Waals surface area contributed by atoms with Crippen molar-refractivity contribution in [3.8, 4) is 5.82 Å². The van der Waals surface area contributed by atoms with Gasteiger partial charge in [0, 0.05) is 11.5 Å². The van der Waals surface area contributed by atoms with Gasteiger partial charge in [0.1, 0.15) is 5.82 Å². The highest BCUT2D eigenvalue weighted by Crippen LogP contribution is 2.25. The number of benzene rings is 2. The van der Waals surface area contributed by atoms with E-state index in [4.69, 9.17) is 4.98 Å². The monoisotopic (exact) mass is 380 g/mol. The number of hydrogen-bond donors (Lipinski definition) is 1. The normalized spacial score (nSPS) is 11.3. The number of nitrogens with one attached hydrogen (secondary N) is 1. The first-order chi connectivity index (χ1) is 14.1. The average Bonchev–Trinajstić information content (AvgIpc) is 3.08. The molecule has 5 aromatic rings. The largest absolute Gasteiger partial charge is 0.323 e. The molecular weight excluding hydrogens is 360 g/mol. The van der Waals surface area contributed by atoms with Crippen molar-refractivity contribution in [1.82, 2.24) is 24.7 Å². The van der Waals surface area contributed by atoms with Crippen molar-refractivity contribution in [2.24, 2.45) is 0 Å². The molecular formula is C23H20N6. The van der Waals surface area contributed by atoms with E-state index < -0.39 is 0 Å². The molecule has 2 aromatic carbocycles. The third kappa shape index (κ3) is 3.08. The van der Waals surface area contributed by atoms with Crippen LogP contribution in [0, 0.1) is 20.8 Å². The van der Waals surface area contributed by atoms with Crippen LogP contribution in [0.1, 0.15) is 16.8 Å². The smallest absolute Gasteiger partial charge is 0.156 e. The van der Waals surface area contributed by atoms with Gasteiger partial charge >= 0.3 is 0 Å². The first-order valence-electron chi connectivity index (χ1n) is 9.51. The fourth-order valence-electron chi connectivity index (χ4n) is 3.56. The summed E-state index contributed by atoms with van der Waals surface area (Å²) in [4.78, 5) is 14.0. The van der Waals surface area contributed by atoms with Crippen molar-refractivity contribution in [2.75, 3.05) is 5.32 Å². The van der Waals surface area contributed by atoms with E-state index in [-0.39, 0.29) is 0 Å². The zero-order valence-corrected chi connectivity index (χ0v) is 16.5. The van der Waals surface area contributed by atoms with Crippen molar-refractivity contribution in [3.05, 3.63) is 77.6 Å². The van der Waals surface area contributed by atoms with Crippen LogP contribution >= 0.6 is 0 Å². The van der Waals surface area contributed by atoms with Gasteiger partial charge < -0.3 is 5.32 Å². The van der Waals surface area contributed by atoms with E-state index in [2.05, 4.69) is 58.5 Å². The van der Waals surface area contributed by atoms with Gasteiger partial charge in [-0.05, 0) is 50.1 Å². The molecule has 0 saturated heterocycles. The molecule has 0 atom stereocenters. The summed E-state index contributed by atoms with van der Waals surface area (Å²) < 4.78 is 1.82. The van der Waals surface area contributed by atoms with Crippen LogP contribution in [-0.2, 0) is 0 Å². The second-order valence-corrected chi connectivity index (χ2v) is 7.22. The molecule has 3 aromatic heterocycles. The fourth-order valence-corrected chi connectivity index (χ4v) is 3.56. The maximum atomic E-state index is 4.90. The lowest BCUT2D eigenvalue weighted by Crippen LogP contribution is -2.06. The standard InChI is InChI=1S/C23H20N6/c1-14-7-6-8-17-15(2)11-21(27-23(14)17)29-22(12-16(3)28-29)26-20-13-24-18-9-4-5-10-19(18)25-20/h4-13H,1-3H3,(H,25,26). The van der Waals surface area contributed by atoms with E-state index in [0.717, 1.165) is 44.8 Å². The Morgan fingerprint density at radius 2 is 1.66 bits per heavy atom. The van der Waals surface area contributed by atoms with Crippen LogP contribution < -0.4 is 5.32 Å². The predicted octanol–water partition coefficient (Wildman–Crippen LogP) is 5.03. The van der Waals surface area contributed by atoms with Crippen LogP contribution in [0.3, 0.4) is 0 Å². The summed E-state index contributed by atoms with van der Waals surface area (Å²) >= 11 is 0. The Balaban J connectivity index is 1.60. The zero-order chi connectivity index (χ0) is 20.0. The molecule has 0 radical (unpaired) electrons. The Morgan fingerprint density at radius 3 is 2.52 bits per heavy atom. The van der Waals surface area contributed by atoms with Gasteiger partial charge in [0.2, 0.25) is 0 Å². The average molecular weight is 380 g/mol. The van der Waals surface area contributed by atoms with Gasteiger partial charge in [-0.1, -0.05) is 30.3 Å². The molecule has 6 heteroatoms. The van der Waals surface area contributed by atoms with Crippen molar-refractivity contribution < 1.29 is 0 Å². The summed E-state index contributed by atoms with van der Waals surface area (Å²) in [7, 11) is 0. The van der Waals surface area contributed by atoms with Crippen molar-refractivity contribution >= 4 is 33.6 Å². The molecule has 0 spiro atoms. The van der Waals surface area contributed by atoms with Crippen molar-refractivity contribution in [3.63, 3.8) is 0 Å². The molecule has 0 unspecified atom stereocenters. The van der Waals surface area contributed by atoms with Gasteiger partial charge in [-0.2, -0.15) is 9.78 Å². The molecule has 6 nitrogen and oxygen atoms in total. The number of anilines is 2. The molecule has 5 rings (SSSR count). The van der Waals surface area contributed by atoms with Gasteiger partial charge in [-0.15, -0.1) is 0 Å². The minimum absolute atomic E-state index is 0.665. The molecule has 3 heterocycles. The molecule has 0 aliphatic carbocycles. The molecule has 142 valence electrons. The number of aryl methyl sites for hydroxylation is 3. The quantitative estimate of drug-likeness (QED) is 0.475. The van der Waals surface area contributed by atoms with Crippen LogP contribution in [0.2, 0.25) is 0 Å². The molecule has 0 amide bonds. The van der Waals surface area contributed by atoms with Gasteiger partial charge in [-0.25, -0.2) is 9.97 Å². The van der Waals surface area contributed by atoms with E-state index >= 15 is 0 Å². The Hall–Kier alpha value is -3.80. The highest BCUT2D eigenvalue weighted by molar-refractivity contribution is 5.85. The topological polar surface area (TPSA) is 68.5 Å². The zero-order valence-electron chi connectivity index (χ0n) is 16.5. The molecule has 0 bridgehead atoms. The molecule has 0 aliphatic heterocycles. The van der Waals surface area contributed by atoms with E-state index in [1.165, 1.54) is 5.56 Å². The van der Waals surface area contributed by atoms with Crippen molar-refractivity contribution in [2.45, 2.75) is 20.8 Å². The highest BCUT2D eigenvalue weighted by atomic mass is 15.4. The number of aromatic nitrogens is 5. The number of nitrogens with zero attached hydrogens (tertiary/aromatic N) is 5. The summed E-state index contributed by atoms with van der Waals surface area (Å²) in [5, 5.41) is 9.17. The maximum Gasteiger partial charge on any atom is 0.156 e. The van der Waals surface area contributed by atoms with Crippen molar-refractivity contribution in [1.29, 1.82) is 0 Å². The number of hydrogen-bond acceptors (Lipinski definition) is 5. The molecule has 1 N–H and O–H groups in total. The third-order valence-electron chi connectivity index (χ3n) is 4.99. The Morgan fingerprint density at radius 1 is 0.828 bits per heavy atom. The van der Waals surface area contributed by atoms with Crippen LogP contribution in [0.4, 0.5) is 11.6 Å². The maximum absolute atomic E-state index is 4.90. The lowest BCUT2D eigenvalue weighted by molar-refractivity contribution is 0.842. The predicted molar refractivity (Wildman–Crippen MR) is 116 cm³/mol. The Labute approximate surface area is 168 Å². The molecule has 0 fully saturated rings. The SMILES string of the molecule is Cc1cc(Nc2cnc3ccccc3n2)n(-c2cc(C)c3cccc(C)c3n2)n1. The number of pyridine rings is 1. The van der Waals surface area contributed by atoms with Gasteiger partial charge in [0.25, 0.3) is 0 Å². The second kappa shape index (κ2) is 6.67. The van der Waals surface area contributed by atoms with E-state index in [0.29, 0.717) is 5.82 Å². The summed E-state index contributed by atoms with van der Waals surface area (Å²) in [5.41, 5.74) is 5.91. The van der Waals surface area contributed by atoms with E-state index in [1.807, 2.05) is 41.9 Å². The van der Waals surface area contributed by atoms with Crippen LogP contribution in [0.15, 0.2) is 60.8 Å². The summed E-state index contributed by atoms with van der Waals surface area (Å²) in [6, 6.07) is 18.1. The van der Waals surface area contributed by atoms with Gasteiger partial charge in [-0.3, -0.25) is 4.98 Å². The second-order valence-electron chi connectivity index (χ2n) is 7.22. The fraction of sp³-hybridized carbons (Fsp3) is 0.130. The first-order valence-corrected chi connectivity index (χ1v) is 9.51. The lowest BCUT2D eigenvalue weighted by Gasteiger charge is -2.12. The molecule has 29 heavy (non-hydrogen) atoms. The summed E-state index contributed by atoms with van der Waals surface area (Å²) in [6.07, 6.45) is 1.73. The van der Waals surface area contributed by atoms with E-state index in [9.17, 15) is 0 Å². The minimum atomic E-state index is 0.665. The Kier molecular flexibility index (Phi) is 3.98. The molecule has 0 aliphatic rings. The number of para-hydroxylation sites is 3. The highest BCUT2D eigenvalue weighted by Gasteiger charge is 2.13. The summed E-state index contributed by atoms with van der Waals surface area (Å²) in [6.45, 7) is 6.15. The van der Waals surface area contributed by atoms with Crippen LogP contribution in [0.25, 0.3) is 27.8 Å².